The molecule has 3 rings (SSSR count). The predicted molar refractivity (Wildman–Crippen MR) is 109 cm³/mol. The number of ether oxygens (including phenoxy) is 1. The first-order valence-electron chi connectivity index (χ1n) is 9.11. The fourth-order valence-electron chi connectivity index (χ4n) is 3.13. The third kappa shape index (κ3) is 5.03. The van der Waals surface area contributed by atoms with Gasteiger partial charge in [0.15, 0.2) is 0 Å². The van der Waals surface area contributed by atoms with Gasteiger partial charge >= 0.3 is 0 Å². The predicted octanol–water partition coefficient (Wildman–Crippen LogP) is 2.57. The van der Waals surface area contributed by atoms with Crippen molar-refractivity contribution in [1.29, 1.82) is 0 Å². The molecule has 27 heavy (non-hydrogen) atoms. The molecule has 146 valence electrons. The van der Waals surface area contributed by atoms with Crippen molar-refractivity contribution >= 4 is 27.2 Å². The molecule has 1 saturated heterocycles. The largest absolute Gasteiger partial charge is 0.497 e. The Bertz CT molecular complexity index is 830. The molecule has 7 nitrogen and oxygen atoms in total. The fraction of sp³-hybridized carbons (Fsp3) is 0.421. The van der Waals surface area contributed by atoms with Gasteiger partial charge in [0.25, 0.3) is 0 Å². The number of piperazine rings is 1. The van der Waals surface area contributed by atoms with Crippen molar-refractivity contribution in [3.63, 3.8) is 0 Å². The first kappa shape index (κ1) is 19.3. The van der Waals surface area contributed by atoms with Crippen molar-refractivity contribution in [3.05, 3.63) is 42.6 Å². The van der Waals surface area contributed by atoms with Crippen LogP contribution in [0.15, 0.2) is 42.6 Å². The first-order valence-corrected chi connectivity index (χ1v) is 10.8. The minimum atomic E-state index is -3.31. The van der Waals surface area contributed by atoms with Crippen molar-refractivity contribution in [3.8, 4) is 5.75 Å². The van der Waals surface area contributed by atoms with Crippen LogP contribution in [0.3, 0.4) is 0 Å². The van der Waals surface area contributed by atoms with Crippen LogP contribution in [0.1, 0.15) is 13.3 Å². The molecular formula is C19H26N4O3S. The van der Waals surface area contributed by atoms with E-state index in [0.29, 0.717) is 12.2 Å². The van der Waals surface area contributed by atoms with Crippen molar-refractivity contribution in [2.75, 3.05) is 53.6 Å². The summed E-state index contributed by atoms with van der Waals surface area (Å²) in [6.45, 7) is 5.43. The van der Waals surface area contributed by atoms with Gasteiger partial charge in [-0.15, -0.1) is 0 Å². The third-order valence-corrected chi connectivity index (χ3v) is 6.03. The van der Waals surface area contributed by atoms with Crippen LogP contribution in [-0.4, -0.2) is 52.4 Å². The number of rotatable bonds is 7. The van der Waals surface area contributed by atoms with E-state index in [1.165, 1.54) is 5.69 Å². The van der Waals surface area contributed by atoms with Crippen LogP contribution in [0.4, 0.5) is 17.2 Å². The minimum absolute atomic E-state index is 0.101. The van der Waals surface area contributed by atoms with Crippen molar-refractivity contribution in [1.82, 2.24) is 4.98 Å². The molecule has 1 fully saturated rings. The smallest absolute Gasteiger partial charge is 0.233 e. The van der Waals surface area contributed by atoms with Gasteiger partial charge in [0, 0.05) is 31.9 Å². The summed E-state index contributed by atoms with van der Waals surface area (Å²) in [6, 6.07) is 11.7. The highest BCUT2D eigenvalue weighted by Crippen LogP contribution is 2.23. The standard InChI is InChI=1S/C19H26N4O3S/c1-3-14-27(24,25)21-19-9-6-17(15-20-19)23-12-10-22(11-13-23)16-4-7-18(26-2)8-5-16/h4-9,15H,3,10-14H2,1-2H3,(H,20,21). The molecule has 1 N–H and O–H groups in total. The van der Waals surface area contributed by atoms with Gasteiger partial charge in [-0.3, -0.25) is 4.72 Å². The molecule has 1 aromatic heterocycles. The topological polar surface area (TPSA) is 74.8 Å². The van der Waals surface area contributed by atoms with Gasteiger partial charge in [-0.05, 0) is 42.8 Å². The second-order valence-electron chi connectivity index (χ2n) is 6.49. The number of sulfonamides is 1. The van der Waals surface area contributed by atoms with E-state index in [4.69, 9.17) is 4.74 Å². The SMILES string of the molecule is CCCS(=O)(=O)Nc1ccc(N2CCN(c3ccc(OC)cc3)CC2)cn1. The summed E-state index contributed by atoms with van der Waals surface area (Å²) in [5.41, 5.74) is 2.19. The molecule has 0 atom stereocenters. The molecular weight excluding hydrogens is 364 g/mol. The number of nitrogens with zero attached hydrogens (tertiary/aromatic N) is 3. The summed E-state index contributed by atoms with van der Waals surface area (Å²) in [4.78, 5) is 8.86. The van der Waals surface area contributed by atoms with E-state index in [1.54, 1.807) is 19.4 Å². The lowest BCUT2D eigenvalue weighted by Crippen LogP contribution is -2.46. The maximum absolute atomic E-state index is 11.8. The van der Waals surface area contributed by atoms with Crippen molar-refractivity contribution in [2.24, 2.45) is 0 Å². The first-order chi connectivity index (χ1) is 13.0. The Morgan fingerprint density at radius 1 is 1.00 bits per heavy atom. The van der Waals surface area contributed by atoms with E-state index < -0.39 is 10.0 Å². The number of hydrogen-bond donors (Lipinski definition) is 1. The number of aromatic nitrogens is 1. The van der Waals surface area contributed by atoms with E-state index in [-0.39, 0.29) is 5.75 Å². The van der Waals surface area contributed by atoms with Gasteiger partial charge in [0.1, 0.15) is 11.6 Å². The molecule has 2 aromatic rings. The highest BCUT2D eigenvalue weighted by molar-refractivity contribution is 7.92. The van der Waals surface area contributed by atoms with Gasteiger partial charge in [-0.2, -0.15) is 0 Å². The lowest BCUT2D eigenvalue weighted by molar-refractivity contribution is 0.415. The molecule has 1 aliphatic rings. The third-order valence-electron chi connectivity index (χ3n) is 4.56. The van der Waals surface area contributed by atoms with Gasteiger partial charge in [0.2, 0.25) is 10.0 Å². The van der Waals surface area contributed by atoms with E-state index >= 15 is 0 Å². The maximum atomic E-state index is 11.8. The van der Waals surface area contributed by atoms with E-state index in [0.717, 1.165) is 37.6 Å². The lowest BCUT2D eigenvalue weighted by Gasteiger charge is -2.37. The van der Waals surface area contributed by atoms with Crippen LogP contribution in [0, 0.1) is 0 Å². The average molecular weight is 391 g/mol. The molecule has 1 aliphatic heterocycles. The Labute approximate surface area is 161 Å². The van der Waals surface area contributed by atoms with Crippen LogP contribution in [0.5, 0.6) is 5.75 Å². The van der Waals surface area contributed by atoms with Gasteiger partial charge in [-0.25, -0.2) is 13.4 Å². The molecule has 0 spiro atoms. The number of hydrogen-bond acceptors (Lipinski definition) is 6. The molecule has 2 heterocycles. The molecule has 8 heteroatoms. The molecule has 0 aliphatic carbocycles. The highest BCUT2D eigenvalue weighted by Gasteiger charge is 2.18. The summed E-state index contributed by atoms with van der Waals surface area (Å²) in [5, 5.41) is 0. The zero-order valence-corrected chi connectivity index (χ0v) is 16.6. The molecule has 0 unspecified atom stereocenters. The van der Waals surface area contributed by atoms with Crippen molar-refractivity contribution in [2.45, 2.75) is 13.3 Å². The lowest BCUT2D eigenvalue weighted by atomic mass is 10.2. The number of nitrogens with one attached hydrogen (secondary N) is 1. The normalized spacial score (nSPS) is 14.9. The fourth-order valence-corrected chi connectivity index (χ4v) is 4.21. The van der Waals surface area contributed by atoms with E-state index in [1.807, 2.05) is 25.1 Å². The number of benzene rings is 1. The summed E-state index contributed by atoms with van der Waals surface area (Å²) in [5.74, 6) is 1.33. The van der Waals surface area contributed by atoms with Crippen LogP contribution >= 0.6 is 0 Å². The molecule has 0 radical (unpaired) electrons. The van der Waals surface area contributed by atoms with Gasteiger partial charge in [-0.1, -0.05) is 6.92 Å². The summed E-state index contributed by atoms with van der Waals surface area (Å²) >= 11 is 0. The summed E-state index contributed by atoms with van der Waals surface area (Å²) in [7, 11) is -1.64. The summed E-state index contributed by atoms with van der Waals surface area (Å²) < 4.78 is 31.4. The second-order valence-corrected chi connectivity index (χ2v) is 8.34. The average Bonchev–Trinajstić information content (AvgIpc) is 2.68. The Morgan fingerprint density at radius 3 is 2.11 bits per heavy atom. The van der Waals surface area contributed by atoms with Crippen LogP contribution in [0.25, 0.3) is 0 Å². The highest BCUT2D eigenvalue weighted by atomic mass is 32.2. The van der Waals surface area contributed by atoms with Crippen LogP contribution in [-0.2, 0) is 10.0 Å². The van der Waals surface area contributed by atoms with Gasteiger partial charge < -0.3 is 14.5 Å². The van der Waals surface area contributed by atoms with Gasteiger partial charge in [0.05, 0.1) is 24.7 Å². The van der Waals surface area contributed by atoms with Crippen molar-refractivity contribution < 1.29 is 13.2 Å². The van der Waals surface area contributed by atoms with E-state index in [2.05, 4.69) is 31.6 Å². The number of pyridine rings is 1. The zero-order chi connectivity index (χ0) is 19.3. The molecule has 1 aromatic carbocycles. The maximum Gasteiger partial charge on any atom is 0.233 e. The van der Waals surface area contributed by atoms with Crippen LogP contribution in [0.2, 0.25) is 0 Å². The Hall–Kier alpha value is -2.48. The molecule has 0 amide bonds. The minimum Gasteiger partial charge on any atom is -0.497 e. The second kappa shape index (κ2) is 8.47. The molecule has 0 bridgehead atoms. The summed E-state index contributed by atoms with van der Waals surface area (Å²) in [6.07, 6.45) is 2.30. The Balaban J connectivity index is 1.57. The monoisotopic (exact) mass is 390 g/mol. The number of anilines is 3. The molecule has 0 saturated carbocycles. The zero-order valence-electron chi connectivity index (χ0n) is 15.8. The Morgan fingerprint density at radius 2 is 1.59 bits per heavy atom. The Kier molecular flexibility index (Phi) is 6.05. The number of methoxy groups -OCH3 is 1. The van der Waals surface area contributed by atoms with E-state index in [9.17, 15) is 8.42 Å². The van der Waals surface area contributed by atoms with Crippen LogP contribution < -0.4 is 19.3 Å². The quantitative estimate of drug-likeness (QED) is 0.783.